The number of guanidine groups is 1. The summed E-state index contributed by atoms with van der Waals surface area (Å²) in [5.41, 5.74) is 1.76. The van der Waals surface area contributed by atoms with Crippen molar-refractivity contribution in [3.05, 3.63) is 48.3 Å². The van der Waals surface area contributed by atoms with Crippen molar-refractivity contribution in [1.82, 2.24) is 25.7 Å². The summed E-state index contributed by atoms with van der Waals surface area (Å²) < 4.78 is 1.83. The zero-order valence-corrected chi connectivity index (χ0v) is 16.8. The van der Waals surface area contributed by atoms with Crippen LogP contribution >= 0.6 is 0 Å². The predicted octanol–water partition coefficient (Wildman–Crippen LogP) is 2.26. The summed E-state index contributed by atoms with van der Waals surface area (Å²) in [6, 6.07) is 10.2. The number of nitrogens with zero attached hydrogens (tertiary/aromatic N) is 3. The van der Waals surface area contributed by atoms with E-state index in [1.807, 2.05) is 49.8 Å². The van der Waals surface area contributed by atoms with E-state index in [0.29, 0.717) is 19.0 Å². The zero-order valence-electron chi connectivity index (χ0n) is 16.8. The molecule has 0 aliphatic heterocycles. The lowest BCUT2D eigenvalue weighted by molar-refractivity contribution is -0.128. The van der Waals surface area contributed by atoms with Gasteiger partial charge < -0.3 is 16.0 Å². The van der Waals surface area contributed by atoms with Crippen LogP contribution in [0.1, 0.15) is 39.3 Å². The highest BCUT2D eigenvalue weighted by molar-refractivity contribution is 5.82. The summed E-state index contributed by atoms with van der Waals surface area (Å²) in [4.78, 5) is 16.1. The molecule has 0 aliphatic rings. The van der Waals surface area contributed by atoms with E-state index >= 15 is 0 Å². The van der Waals surface area contributed by atoms with Crippen LogP contribution in [0.25, 0.3) is 5.69 Å². The highest BCUT2D eigenvalue weighted by Crippen LogP contribution is 2.16. The second kappa shape index (κ2) is 9.21. The van der Waals surface area contributed by atoms with Crippen LogP contribution in [0.15, 0.2) is 47.7 Å². The second-order valence-corrected chi connectivity index (χ2v) is 7.42. The van der Waals surface area contributed by atoms with Gasteiger partial charge in [0.2, 0.25) is 5.91 Å². The molecule has 1 unspecified atom stereocenters. The van der Waals surface area contributed by atoms with Crippen molar-refractivity contribution < 1.29 is 4.79 Å². The van der Waals surface area contributed by atoms with E-state index in [1.165, 1.54) is 0 Å². The van der Waals surface area contributed by atoms with Gasteiger partial charge in [-0.1, -0.05) is 32.9 Å². The Hall–Kier alpha value is -2.83. The molecular weight excluding hydrogens is 340 g/mol. The molecule has 0 saturated heterocycles. The van der Waals surface area contributed by atoms with E-state index in [0.717, 1.165) is 11.3 Å². The molecule has 1 amide bonds. The Balaban J connectivity index is 1.87. The van der Waals surface area contributed by atoms with Gasteiger partial charge in [-0.3, -0.25) is 9.79 Å². The fourth-order valence-electron chi connectivity index (χ4n) is 2.46. The third kappa shape index (κ3) is 6.13. The number of hydrogen-bond acceptors (Lipinski definition) is 3. The summed E-state index contributed by atoms with van der Waals surface area (Å²) in [6.45, 7) is 8.91. The molecule has 1 atom stereocenters. The van der Waals surface area contributed by atoms with Crippen molar-refractivity contribution in [2.45, 2.75) is 33.7 Å². The molecule has 0 saturated carbocycles. The summed E-state index contributed by atoms with van der Waals surface area (Å²) in [5, 5.41) is 13.8. The van der Waals surface area contributed by atoms with Gasteiger partial charge in [0.05, 0.1) is 11.7 Å². The Morgan fingerprint density at radius 1 is 1.22 bits per heavy atom. The van der Waals surface area contributed by atoms with Gasteiger partial charge in [0, 0.05) is 37.9 Å². The molecule has 0 aliphatic carbocycles. The van der Waals surface area contributed by atoms with Gasteiger partial charge in [0.1, 0.15) is 0 Å². The maximum Gasteiger partial charge on any atom is 0.225 e. The lowest BCUT2D eigenvalue weighted by Gasteiger charge is -2.20. The molecule has 0 fully saturated rings. The number of aromatic nitrogens is 2. The van der Waals surface area contributed by atoms with Gasteiger partial charge in [-0.15, -0.1) is 0 Å². The van der Waals surface area contributed by atoms with E-state index in [-0.39, 0.29) is 17.4 Å². The van der Waals surface area contributed by atoms with Crippen molar-refractivity contribution in [2.24, 2.45) is 10.4 Å². The van der Waals surface area contributed by atoms with E-state index < -0.39 is 0 Å². The minimum atomic E-state index is -0.381. The molecule has 0 bridgehead atoms. The van der Waals surface area contributed by atoms with Crippen molar-refractivity contribution in [3.8, 4) is 5.69 Å². The normalized spacial score (nSPS) is 13.1. The molecule has 146 valence electrons. The maximum absolute atomic E-state index is 11.9. The molecule has 27 heavy (non-hydrogen) atoms. The van der Waals surface area contributed by atoms with Crippen LogP contribution < -0.4 is 16.0 Å². The van der Waals surface area contributed by atoms with E-state index in [2.05, 4.69) is 45.1 Å². The van der Waals surface area contributed by atoms with Crippen LogP contribution in [0.4, 0.5) is 0 Å². The number of benzene rings is 1. The standard InChI is InChI=1S/C20H30N6O/c1-15(16-8-6-9-17(14-16)26-13-7-10-24-26)25-19(21-5)23-12-11-22-18(27)20(2,3)4/h6-10,13-15H,11-12H2,1-5H3,(H,22,27)(H2,21,23,25). The first-order chi connectivity index (χ1) is 12.8. The summed E-state index contributed by atoms with van der Waals surface area (Å²) in [6.07, 6.45) is 3.68. The quantitative estimate of drug-likeness (QED) is 0.414. The Kier molecular flexibility index (Phi) is 6.98. The average Bonchev–Trinajstić information content (AvgIpc) is 3.18. The first-order valence-corrected chi connectivity index (χ1v) is 9.16. The summed E-state index contributed by atoms with van der Waals surface area (Å²) in [5.74, 6) is 0.730. The lowest BCUT2D eigenvalue weighted by atomic mass is 9.96. The number of aliphatic imine (C=N–C) groups is 1. The Bertz CT molecular complexity index is 761. The average molecular weight is 371 g/mol. The number of rotatable bonds is 6. The maximum atomic E-state index is 11.9. The van der Waals surface area contributed by atoms with Gasteiger partial charge in [-0.25, -0.2) is 4.68 Å². The smallest absolute Gasteiger partial charge is 0.225 e. The Morgan fingerprint density at radius 2 is 1.96 bits per heavy atom. The Morgan fingerprint density at radius 3 is 2.59 bits per heavy atom. The monoisotopic (exact) mass is 370 g/mol. The molecule has 3 N–H and O–H groups in total. The van der Waals surface area contributed by atoms with Crippen LogP contribution in [0.5, 0.6) is 0 Å². The van der Waals surface area contributed by atoms with Crippen molar-refractivity contribution in [3.63, 3.8) is 0 Å². The zero-order chi connectivity index (χ0) is 19.9. The van der Waals surface area contributed by atoms with Gasteiger partial charge in [0.15, 0.2) is 5.96 Å². The van der Waals surface area contributed by atoms with Crippen molar-refractivity contribution >= 4 is 11.9 Å². The van der Waals surface area contributed by atoms with E-state index in [4.69, 9.17) is 0 Å². The highest BCUT2D eigenvalue weighted by Gasteiger charge is 2.20. The fourth-order valence-corrected chi connectivity index (χ4v) is 2.46. The molecule has 2 rings (SSSR count). The topological polar surface area (TPSA) is 83.3 Å². The largest absolute Gasteiger partial charge is 0.355 e. The first kappa shape index (κ1) is 20.5. The van der Waals surface area contributed by atoms with Crippen molar-refractivity contribution in [1.29, 1.82) is 0 Å². The number of amides is 1. The molecule has 0 radical (unpaired) electrons. The van der Waals surface area contributed by atoms with Crippen LogP contribution in [0.3, 0.4) is 0 Å². The predicted molar refractivity (Wildman–Crippen MR) is 109 cm³/mol. The second-order valence-electron chi connectivity index (χ2n) is 7.42. The van der Waals surface area contributed by atoms with Gasteiger partial charge in [0.25, 0.3) is 0 Å². The van der Waals surface area contributed by atoms with Crippen LogP contribution in [0.2, 0.25) is 0 Å². The Labute approximate surface area is 161 Å². The summed E-state index contributed by atoms with van der Waals surface area (Å²) in [7, 11) is 1.73. The van der Waals surface area contributed by atoms with Crippen LogP contribution in [-0.4, -0.2) is 41.8 Å². The van der Waals surface area contributed by atoms with Crippen LogP contribution in [0, 0.1) is 5.41 Å². The highest BCUT2D eigenvalue weighted by atomic mass is 16.2. The minimum absolute atomic E-state index is 0.0380. The molecule has 1 aromatic carbocycles. The number of carbonyl (C=O) groups excluding carboxylic acids is 1. The molecule has 1 aromatic heterocycles. The number of carbonyl (C=O) groups is 1. The fraction of sp³-hybridized carbons (Fsp3) is 0.450. The summed E-state index contributed by atoms with van der Waals surface area (Å²) >= 11 is 0. The number of hydrogen-bond donors (Lipinski definition) is 3. The number of nitrogens with one attached hydrogen (secondary N) is 3. The van der Waals surface area contributed by atoms with Gasteiger partial charge in [-0.2, -0.15) is 5.10 Å². The van der Waals surface area contributed by atoms with E-state index in [9.17, 15) is 4.79 Å². The van der Waals surface area contributed by atoms with Gasteiger partial charge in [-0.05, 0) is 30.7 Å². The minimum Gasteiger partial charge on any atom is -0.355 e. The third-order valence-electron chi connectivity index (χ3n) is 4.10. The lowest BCUT2D eigenvalue weighted by Crippen LogP contribution is -2.44. The third-order valence-corrected chi connectivity index (χ3v) is 4.10. The van der Waals surface area contributed by atoms with Crippen molar-refractivity contribution in [2.75, 3.05) is 20.1 Å². The SMILES string of the molecule is CN=C(NCCNC(=O)C(C)(C)C)NC(C)c1cccc(-n2cccn2)c1. The van der Waals surface area contributed by atoms with Crippen LogP contribution in [-0.2, 0) is 4.79 Å². The molecule has 7 nitrogen and oxygen atoms in total. The van der Waals surface area contributed by atoms with Gasteiger partial charge >= 0.3 is 0 Å². The molecule has 7 heteroatoms. The van der Waals surface area contributed by atoms with E-state index in [1.54, 1.807) is 13.2 Å². The first-order valence-electron chi connectivity index (χ1n) is 9.16. The molecule has 2 aromatic rings. The molecular formula is C20H30N6O. The molecule has 0 spiro atoms. The molecule has 1 heterocycles.